The van der Waals surface area contributed by atoms with Crippen LogP contribution in [-0.4, -0.2) is 27.4 Å². The third-order valence-electron chi connectivity index (χ3n) is 3.15. The van der Waals surface area contributed by atoms with E-state index in [-0.39, 0.29) is 23.1 Å². The number of nitrogens with one attached hydrogen (secondary N) is 2. The zero-order valence-electron chi connectivity index (χ0n) is 11.9. The van der Waals surface area contributed by atoms with E-state index in [9.17, 15) is 13.2 Å². The molecule has 1 aromatic heterocycles. The fourth-order valence-electron chi connectivity index (χ4n) is 1.71. The number of rotatable bonds is 9. The van der Waals surface area contributed by atoms with Crippen molar-refractivity contribution < 1.29 is 13.2 Å². The molecule has 0 atom stereocenters. The third-order valence-corrected chi connectivity index (χ3v) is 6.01. The van der Waals surface area contributed by atoms with Crippen LogP contribution in [0, 0.1) is 5.92 Å². The normalized spacial score (nSPS) is 11.8. The second-order valence-electron chi connectivity index (χ2n) is 4.57. The van der Waals surface area contributed by atoms with Crippen molar-refractivity contribution in [2.24, 2.45) is 5.92 Å². The molecule has 2 N–H and O–H groups in total. The van der Waals surface area contributed by atoms with E-state index in [1.807, 2.05) is 0 Å². The lowest BCUT2D eigenvalue weighted by atomic mass is 10.0. The summed E-state index contributed by atoms with van der Waals surface area (Å²) in [6, 6.07) is 3.22. The van der Waals surface area contributed by atoms with Crippen LogP contribution in [0.2, 0.25) is 0 Å². The van der Waals surface area contributed by atoms with Gasteiger partial charge in [-0.05, 0) is 17.4 Å². The smallest absolute Gasteiger partial charge is 0.250 e. The first-order valence-corrected chi connectivity index (χ1v) is 9.15. The number of amides is 1. The van der Waals surface area contributed by atoms with E-state index < -0.39 is 10.0 Å². The van der Waals surface area contributed by atoms with Gasteiger partial charge in [-0.3, -0.25) is 4.79 Å². The molecule has 1 heterocycles. The van der Waals surface area contributed by atoms with Crippen LogP contribution in [0.4, 0.5) is 0 Å². The summed E-state index contributed by atoms with van der Waals surface area (Å²) >= 11 is 1.16. The zero-order chi connectivity index (χ0) is 15.0. The van der Waals surface area contributed by atoms with Gasteiger partial charge in [-0.15, -0.1) is 11.3 Å². The monoisotopic (exact) mass is 318 g/mol. The van der Waals surface area contributed by atoms with Crippen molar-refractivity contribution in [2.45, 2.75) is 37.3 Å². The Kier molecular flexibility index (Phi) is 7.18. The minimum atomic E-state index is -3.46. The highest BCUT2D eigenvalue weighted by molar-refractivity contribution is 7.91. The fourth-order valence-corrected chi connectivity index (χ4v) is 3.78. The highest BCUT2D eigenvalue weighted by Gasteiger charge is 2.15. The molecule has 0 aliphatic rings. The van der Waals surface area contributed by atoms with Gasteiger partial charge >= 0.3 is 0 Å². The Balaban J connectivity index is 2.29. The molecule has 0 bridgehead atoms. The van der Waals surface area contributed by atoms with E-state index >= 15 is 0 Å². The van der Waals surface area contributed by atoms with Crippen LogP contribution < -0.4 is 10.0 Å². The van der Waals surface area contributed by atoms with Crippen molar-refractivity contribution >= 4 is 27.3 Å². The molecule has 20 heavy (non-hydrogen) atoms. The highest BCUT2D eigenvalue weighted by atomic mass is 32.2. The Morgan fingerprint density at radius 3 is 2.60 bits per heavy atom. The van der Waals surface area contributed by atoms with Crippen LogP contribution in [0.3, 0.4) is 0 Å². The van der Waals surface area contributed by atoms with Crippen molar-refractivity contribution in [3.63, 3.8) is 0 Å². The van der Waals surface area contributed by atoms with Crippen molar-refractivity contribution in [1.29, 1.82) is 0 Å². The molecule has 0 aliphatic carbocycles. The summed E-state index contributed by atoms with van der Waals surface area (Å²) in [4.78, 5) is 11.6. The molecule has 0 fully saturated rings. The molecule has 0 aromatic carbocycles. The van der Waals surface area contributed by atoms with Crippen molar-refractivity contribution in [3.8, 4) is 0 Å². The van der Waals surface area contributed by atoms with Crippen LogP contribution in [0.25, 0.3) is 0 Å². The molecule has 1 amide bonds. The predicted octanol–water partition coefficient (Wildman–Crippen LogP) is 1.97. The molecule has 1 aromatic rings. The van der Waals surface area contributed by atoms with Crippen LogP contribution in [0.5, 0.6) is 0 Å². The van der Waals surface area contributed by atoms with Gasteiger partial charge in [0.2, 0.25) is 15.9 Å². The van der Waals surface area contributed by atoms with Crippen LogP contribution in [0.1, 0.15) is 33.1 Å². The third kappa shape index (κ3) is 5.60. The summed E-state index contributed by atoms with van der Waals surface area (Å²) in [5.74, 6) is 0.368. The van der Waals surface area contributed by atoms with Gasteiger partial charge < -0.3 is 5.32 Å². The van der Waals surface area contributed by atoms with Crippen molar-refractivity contribution in [1.82, 2.24) is 10.0 Å². The summed E-state index contributed by atoms with van der Waals surface area (Å²) in [7, 11) is -3.46. The summed E-state index contributed by atoms with van der Waals surface area (Å²) in [5, 5.41) is 4.54. The maximum atomic E-state index is 11.8. The van der Waals surface area contributed by atoms with E-state index in [0.717, 1.165) is 24.2 Å². The molecule has 0 radical (unpaired) electrons. The molecule has 0 saturated carbocycles. The SMILES string of the molecule is CCC(CC)CNC(=O)CCNS(=O)(=O)c1cccs1. The number of carbonyl (C=O) groups is 1. The molecule has 0 aliphatic heterocycles. The Bertz CT molecular complexity index is 494. The maximum absolute atomic E-state index is 11.8. The standard InChI is InChI=1S/C13H22N2O3S2/c1-3-11(4-2)10-14-12(16)7-8-15-20(17,18)13-6-5-9-19-13/h5-6,9,11,15H,3-4,7-8,10H2,1-2H3,(H,14,16). The molecule has 7 heteroatoms. The van der Waals surface area contributed by atoms with Gasteiger partial charge in [0.05, 0.1) is 0 Å². The second kappa shape index (κ2) is 8.39. The predicted molar refractivity (Wildman–Crippen MR) is 81.2 cm³/mol. The highest BCUT2D eigenvalue weighted by Crippen LogP contribution is 2.14. The van der Waals surface area contributed by atoms with Crippen LogP contribution in [0.15, 0.2) is 21.7 Å². The van der Waals surface area contributed by atoms with E-state index in [1.165, 1.54) is 0 Å². The zero-order valence-corrected chi connectivity index (χ0v) is 13.5. The largest absolute Gasteiger partial charge is 0.356 e. The molecular weight excluding hydrogens is 296 g/mol. The molecule has 0 spiro atoms. The average Bonchev–Trinajstić information content (AvgIpc) is 2.94. The Morgan fingerprint density at radius 1 is 1.35 bits per heavy atom. The molecular formula is C13H22N2O3S2. The topological polar surface area (TPSA) is 75.3 Å². The minimum Gasteiger partial charge on any atom is -0.356 e. The lowest BCUT2D eigenvalue weighted by Crippen LogP contribution is -2.33. The molecule has 1 rings (SSSR count). The number of thiophene rings is 1. The number of hydrogen-bond donors (Lipinski definition) is 2. The fraction of sp³-hybridized carbons (Fsp3) is 0.615. The quantitative estimate of drug-likeness (QED) is 0.731. The Labute approximate surface area is 124 Å². The van der Waals surface area contributed by atoms with Gasteiger partial charge in [0.25, 0.3) is 0 Å². The van der Waals surface area contributed by atoms with Crippen LogP contribution in [-0.2, 0) is 14.8 Å². The summed E-state index contributed by atoms with van der Waals surface area (Å²) in [6.45, 7) is 4.96. The van der Waals surface area contributed by atoms with Crippen molar-refractivity contribution in [2.75, 3.05) is 13.1 Å². The van der Waals surface area contributed by atoms with Gasteiger partial charge in [0.15, 0.2) is 0 Å². The Hall–Kier alpha value is -0.920. The maximum Gasteiger partial charge on any atom is 0.250 e. The first-order valence-electron chi connectivity index (χ1n) is 6.79. The Morgan fingerprint density at radius 2 is 2.05 bits per heavy atom. The first kappa shape index (κ1) is 17.1. The molecule has 5 nitrogen and oxygen atoms in total. The van der Waals surface area contributed by atoms with E-state index in [0.29, 0.717) is 12.5 Å². The summed E-state index contributed by atoms with van der Waals surface area (Å²) in [5.41, 5.74) is 0. The van der Waals surface area contributed by atoms with E-state index in [4.69, 9.17) is 0 Å². The van der Waals surface area contributed by atoms with E-state index in [1.54, 1.807) is 17.5 Å². The molecule has 0 unspecified atom stereocenters. The summed E-state index contributed by atoms with van der Waals surface area (Å²) < 4.78 is 26.3. The van der Waals surface area contributed by atoms with Gasteiger partial charge in [-0.25, -0.2) is 13.1 Å². The van der Waals surface area contributed by atoms with Gasteiger partial charge in [0, 0.05) is 19.5 Å². The molecule has 114 valence electrons. The second-order valence-corrected chi connectivity index (χ2v) is 7.51. The van der Waals surface area contributed by atoms with Crippen LogP contribution >= 0.6 is 11.3 Å². The molecule has 0 saturated heterocycles. The van der Waals surface area contributed by atoms with Gasteiger partial charge in [0.1, 0.15) is 4.21 Å². The summed E-state index contributed by atoms with van der Waals surface area (Å²) in [6.07, 6.45) is 2.22. The van der Waals surface area contributed by atoms with E-state index in [2.05, 4.69) is 23.9 Å². The van der Waals surface area contributed by atoms with Crippen molar-refractivity contribution in [3.05, 3.63) is 17.5 Å². The minimum absolute atomic E-state index is 0.120. The first-order chi connectivity index (χ1) is 9.49. The number of sulfonamides is 1. The number of hydrogen-bond acceptors (Lipinski definition) is 4. The van der Waals surface area contributed by atoms with Gasteiger partial charge in [-0.2, -0.15) is 0 Å². The lowest BCUT2D eigenvalue weighted by molar-refractivity contribution is -0.121. The average molecular weight is 318 g/mol. The lowest BCUT2D eigenvalue weighted by Gasteiger charge is -2.13. The number of carbonyl (C=O) groups excluding carboxylic acids is 1. The van der Waals surface area contributed by atoms with Gasteiger partial charge in [-0.1, -0.05) is 32.8 Å².